The molecular weight excluding hydrogens is 182 g/mol. The van der Waals surface area contributed by atoms with Crippen molar-refractivity contribution in [3.05, 3.63) is 34.9 Å². The van der Waals surface area contributed by atoms with Gasteiger partial charge < -0.3 is 5.11 Å². The van der Waals surface area contributed by atoms with Crippen molar-refractivity contribution in [2.75, 3.05) is 0 Å². The second-order valence-electron chi connectivity index (χ2n) is 2.28. The highest BCUT2D eigenvalue weighted by Crippen LogP contribution is 2.13. The van der Waals surface area contributed by atoms with E-state index in [1.165, 1.54) is 0 Å². The van der Waals surface area contributed by atoms with Gasteiger partial charge >= 0.3 is 5.97 Å². The number of aldehydes is 1. The standard InChI is InChI=1S/C8H4F2O3/c9-6-1-4(8(12)13)2-7(10)5(6)3-11/h1-3H,(H,12,13). The highest BCUT2D eigenvalue weighted by molar-refractivity contribution is 5.89. The molecule has 0 heterocycles. The molecule has 0 aliphatic heterocycles. The van der Waals surface area contributed by atoms with Gasteiger partial charge in [0.05, 0.1) is 11.1 Å². The van der Waals surface area contributed by atoms with E-state index < -0.39 is 28.7 Å². The number of aromatic carboxylic acids is 1. The van der Waals surface area contributed by atoms with Crippen LogP contribution in [-0.4, -0.2) is 17.4 Å². The molecule has 0 saturated heterocycles. The van der Waals surface area contributed by atoms with Crippen LogP contribution in [0.15, 0.2) is 12.1 Å². The van der Waals surface area contributed by atoms with Gasteiger partial charge in [-0.1, -0.05) is 0 Å². The van der Waals surface area contributed by atoms with Crippen LogP contribution in [0.5, 0.6) is 0 Å². The third-order valence-electron chi connectivity index (χ3n) is 1.44. The minimum absolute atomic E-state index is 0.00367. The molecule has 1 aromatic carbocycles. The van der Waals surface area contributed by atoms with Crippen molar-refractivity contribution in [3.63, 3.8) is 0 Å². The zero-order chi connectivity index (χ0) is 10.0. The first kappa shape index (κ1) is 9.31. The number of rotatable bonds is 2. The van der Waals surface area contributed by atoms with Crippen LogP contribution in [0.2, 0.25) is 0 Å². The van der Waals surface area contributed by atoms with Gasteiger partial charge in [-0.2, -0.15) is 0 Å². The molecule has 0 atom stereocenters. The van der Waals surface area contributed by atoms with E-state index in [9.17, 15) is 18.4 Å². The molecule has 1 N–H and O–H groups in total. The number of carboxylic acids is 1. The van der Waals surface area contributed by atoms with Crippen LogP contribution in [0.1, 0.15) is 20.7 Å². The summed E-state index contributed by atoms with van der Waals surface area (Å²) in [7, 11) is 0. The number of benzene rings is 1. The first-order chi connectivity index (χ1) is 6.06. The number of carboxylic acid groups (broad SMARTS) is 1. The van der Waals surface area contributed by atoms with Gasteiger partial charge in [-0.15, -0.1) is 0 Å². The lowest BCUT2D eigenvalue weighted by molar-refractivity contribution is 0.0695. The molecule has 0 fully saturated rings. The summed E-state index contributed by atoms with van der Waals surface area (Å²) in [4.78, 5) is 20.4. The van der Waals surface area contributed by atoms with Crippen molar-refractivity contribution in [2.45, 2.75) is 0 Å². The molecule has 3 nitrogen and oxygen atoms in total. The third kappa shape index (κ3) is 1.69. The molecule has 0 bridgehead atoms. The largest absolute Gasteiger partial charge is 0.478 e. The van der Waals surface area contributed by atoms with E-state index in [-0.39, 0.29) is 6.29 Å². The van der Waals surface area contributed by atoms with Crippen molar-refractivity contribution >= 4 is 12.3 Å². The van der Waals surface area contributed by atoms with Crippen molar-refractivity contribution in [1.29, 1.82) is 0 Å². The number of halogens is 2. The maximum Gasteiger partial charge on any atom is 0.335 e. The summed E-state index contributed by atoms with van der Waals surface area (Å²) in [5.74, 6) is -3.80. The zero-order valence-electron chi connectivity index (χ0n) is 6.25. The van der Waals surface area contributed by atoms with Crippen LogP contribution in [0.3, 0.4) is 0 Å². The highest BCUT2D eigenvalue weighted by Gasteiger charge is 2.13. The van der Waals surface area contributed by atoms with Crippen LogP contribution < -0.4 is 0 Å². The first-order valence-electron chi connectivity index (χ1n) is 3.23. The molecule has 13 heavy (non-hydrogen) atoms. The fraction of sp³-hybridized carbons (Fsp3) is 0. The second kappa shape index (κ2) is 3.30. The number of hydrogen-bond donors (Lipinski definition) is 1. The maximum absolute atomic E-state index is 12.7. The average Bonchev–Trinajstić information content (AvgIpc) is 2.03. The molecule has 0 radical (unpaired) electrons. The molecule has 0 amide bonds. The molecule has 0 unspecified atom stereocenters. The lowest BCUT2D eigenvalue weighted by Gasteiger charge is -1.98. The predicted octanol–water partition coefficient (Wildman–Crippen LogP) is 1.48. The number of hydrogen-bond acceptors (Lipinski definition) is 2. The van der Waals surface area contributed by atoms with Crippen LogP contribution >= 0.6 is 0 Å². The first-order valence-corrected chi connectivity index (χ1v) is 3.23. The molecule has 0 aliphatic carbocycles. The molecule has 5 heteroatoms. The Morgan fingerprint density at radius 1 is 1.31 bits per heavy atom. The third-order valence-corrected chi connectivity index (χ3v) is 1.44. The summed E-state index contributed by atoms with van der Waals surface area (Å²) >= 11 is 0. The van der Waals surface area contributed by atoms with Crippen LogP contribution in [0, 0.1) is 11.6 Å². The van der Waals surface area contributed by atoms with Crippen LogP contribution in [-0.2, 0) is 0 Å². The minimum atomic E-state index is -1.45. The zero-order valence-corrected chi connectivity index (χ0v) is 6.25. The summed E-state index contributed by atoms with van der Waals surface area (Å²) < 4.78 is 25.5. The van der Waals surface area contributed by atoms with Gasteiger partial charge in [0.1, 0.15) is 11.6 Å². The van der Waals surface area contributed by atoms with Crippen molar-refractivity contribution in [1.82, 2.24) is 0 Å². The van der Waals surface area contributed by atoms with E-state index in [0.29, 0.717) is 12.1 Å². The SMILES string of the molecule is O=Cc1c(F)cc(C(=O)O)cc1F. The Labute approximate surface area is 71.6 Å². The van der Waals surface area contributed by atoms with E-state index in [2.05, 4.69) is 0 Å². The summed E-state index contributed by atoms with van der Waals surface area (Å²) in [5.41, 5.74) is -1.29. The Morgan fingerprint density at radius 3 is 2.08 bits per heavy atom. The minimum Gasteiger partial charge on any atom is -0.478 e. The smallest absolute Gasteiger partial charge is 0.335 e. The molecule has 1 aromatic rings. The van der Waals surface area contributed by atoms with Gasteiger partial charge in [-0.25, -0.2) is 13.6 Å². The van der Waals surface area contributed by atoms with Crippen LogP contribution in [0.4, 0.5) is 8.78 Å². The fourth-order valence-electron chi connectivity index (χ4n) is 0.820. The second-order valence-corrected chi connectivity index (χ2v) is 2.28. The quantitative estimate of drug-likeness (QED) is 0.711. The normalized spacial score (nSPS) is 9.69. The Balaban J connectivity index is 3.36. The Morgan fingerprint density at radius 2 is 1.77 bits per heavy atom. The van der Waals surface area contributed by atoms with E-state index >= 15 is 0 Å². The van der Waals surface area contributed by atoms with Crippen LogP contribution in [0.25, 0.3) is 0 Å². The van der Waals surface area contributed by atoms with Gasteiger partial charge in [0, 0.05) is 0 Å². The van der Waals surface area contributed by atoms with Crippen molar-refractivity contribution in [3.8, 4) is 0 Å². The van der Waals surface area contributed by atoms with Gasteiger partial charge in [0.25, 0.3) is 0 Å². The van der Waals surface area contributed by atoms with E-state index in [0.717, 1.165) is 0 Å². The Kier molecular flexibility index (Phi) is 2.36. The van der Waals surface area contributed by atoms with E-state index in [1.54, 1.807) is 0 Å². The lowest BCUT2D eigenvalue weighted by atomic mass is 10.1. The van der Waals surface area contributed by atoms with Gasteiger partial charge in [0.2, 0.25) is 0 Å². The van der Waals surface area contributed by atoms with E-state index in [4.69, 9.17) is 5.11 Å². The van der Waals surface area contributed by atoms with E-state index in [1.807, 2.05) is 0 Å². The van der Waals surface area contributed by atoms with Gasteiger partial charge in [0.15, 0.2) is 6.29 Å². The molecular formula is C8H4F2O3. The summed E-state index contributed by atoms with van der Waals surface area (Å²) in [6.07, 6.45) is -0.00367. The number of carbonyl (C=O) groups is 2. The average molecular weight is 186 g/mol. The summed E-state index contributed by atoms with van der Waals surface area (Å²) in [5, 5.41) is 8.38. The Hall–Kier alpha value is -1.78. The van der Waals surface area contributed by atoms with Crippen molar-refractivity contribution in [2.24, 2.45) is 0 Å². The topological polar surface area (TPSA) is 54.4 Å². The van der Waals surface area contributed by atoms with Crippen molar-refractivity contribution < 1.29 is 23.5 Å². The molecule has 0 saturated carbocycles. The maximum atomic E-state index is 12.7. The lowest BCUT2D eigenvalue weighted by Crippen LogP contribution is -2.02. The molecule has 0 aromatic heterocycles. The highest BCUT2D eigenvalue weighted by atomic mass is 19.1. The fourth-order valence-corrected chi connectivity index (χ4v) is 0.820. The number of carbonyl (C=O) groups excluding carboxylic acids is 1. The summed E-state index contributed by atoms with van der Waals surface area (Å²) in [6.45, 7) is 0. The summed E-state index contributed by atoms with van der Waals surface area (Å²) in [6, 6.07) is 1.18. The molecule has 0 spiro atoms. The molecule has 1 rings (SSSR count). The molecule has 0 aliphatic rings. The monoisotopic (exact) mass is 186 g/mol. The Bertz CT molecular complexity index is 351. The van der Waals surface area contributed by atoms with Gasteiger partial charge in [-0.3, -0.25) is 4.79 Å². The molecule has 68 valence electrons. The predicted molar refractivity (Wildman–Crippen MR) is 38.7 cm³/mol. The van der Waals surface area contributed by atoms with Gasteiger partial charge in [-0.05, 0) is 12.1 Å².